The molecule has 0 bridgehead atoms. The Hall–Kier alpha value is -2.03. The average Bonchev–Trinajstić information content (AvgIpc) is 2.98. The maximum atomic E-state index is 11.6. The van der Waals surface area contributed by atoms with E-state index in [1.807, 2.05) is 0 Å². The molecule has 0 aliphatic heterocycles. The van der Waals surface area contributed by atoms with Gasteiger partial charge in [-0.25, -0.2) is 4.79 Å². The van der Waals surface area contributed by atoms with Crippen molar-refractivity contribution in [1.82, 2.24) is 10.2 Å². The zero-order valence-electron chi connectivity index (χ0n) is 10.7. The highest BCUT2D eigenvalue weighted by molar-refractivity contribution is 5.85. The first-order valence-electron chi connectivity index (χ1n) is 5.89. The molecule has 1 fully saturated rings. The standard InChI is InChI=1S/C12H16N4O2/c1-12(2,3)18-11(17)14-10-8(6-13)9(15-16-10)7-4-5-7/h7H,4-5H2,1-3H3,(H2,14,15,16,17). The fourth-order valence-electron chi connectivity index (χ4n) is 1.63. The Balaban J connectivity index is 2.10. The third kappa shape index (κ3) is 2.80. The van der Waals surface area contributed by atoms with Crippen LogP contribution in [0, 0.1) is 11.3 Å². The van der Waals surface area contributed by atoms with Crippen LogP contribution < -0.4 is 5.32 Å². The number of hydrogen-bond donors (Lipinski definition) is 2. The fourth-order valence-corrected chi connectivity index (χ4v) is 1.63. The molecule has 2 rings (SSSR count). The molecule has 0 aromatic carbocycles. The van der Waals surface area contributed by atoms with Crippen LogP contribution in [0.15, 0.2) is 0 Å². The lowest BCUT2D eigenvalue weighted by molar-refractivity contribution is 0.0635. The Morgan fingerprint density at radius 2 is 2.22 bits per heavy atom. The zero-order valence-corrected chi connectivity index (χ0v) is 10.7. The second kappa shape index (κ2) is 4.33. The largest absolute Gasteiger partial charge is 0.444 e. The first-order chi connectivity index (χ1) is 8.40. The molecule has 1 aromatic rings. The van der Waals surface area contributed by atoms with Crippen LogP contribution >= 0.6 is 0 Å². The number of amides is 1. The number of carbonyl (C=O) groups excluding carboxylic acids is 1. The maximum absolute atomic E-state index is 11.6. The van der Waals surface area contributed by atoms with E-state index in [0.29, 0.717) is 11.5 Å². The number of hydrogen-bond acceptors (Lipinski definition) is 4. The molecular weight excluding hydrogens is 232 g/mol. The third-order valence-corrected chi connectivity index (χ3v) is 2.51. The van der Waals surface area contributed by atoms with Gasteiger partial charge in [-0.05, 0) is 33.6 Å². The number of aromatic amines is 1. The molecule has 0 saturated heterocycles. The lowest BCUT2D eigenvalue weighted by Gasteiger charge is -2.19. The number of anilines is 1. The van der Waals surface area contributed by atoms with Crippen LogP contribution in [0.5, 0.6) is 0 Å². The molecule has 0 radical (unpaired) electrons. The summed E-state index contributed by atoms with van der Waals surface area (Å²) in [5, 5.41) is 18.4. The molecule has 0 spiro atoms. The van der Waals surface area contributed by atoms with E-state index in [9.17, 15) is 4.79 Å². The normalized spacial score (nSPS) is 15.0. The number of nitriles is 1. The Kier molecular flexibility index (Phi) is 2.99. The van der Waals surface area contributed by atoms with Gasteiger partial charge in [0.1, 0.15) is 17.2 Å². The summed E-state index contributed by atoms with van der Waals surface area (Å²) in [7, 11) is 0. The van der Waals surface area contributed by atoms with Gasteiger partial charge in [-0.2, -0.15) is 10.4 Å². The molecule has 1 aliphatic carbocycles. The van der Waals surface area contributed by atoms with Crippen LogP contribution in [-0.4, -0.2) is 21.9 Å². The highest BCUT2D eigenvalue weighted by atomic mass is 16.6. The van der Waals surface area contributed by atoms with E-state index in [4.69, 9.17) is 10.00 Å². The molecule has 6 heteroatoms. The van der Waals surface area contributed by atoms with Gasteiger partial charge in [-0.3, -0.25) is 10.4 Å². The summed E-state index contributed by atoms with van der Waals surface area (Å²) in [6.45, 7) is 5.33. The minimum absolute atomic E-state index is 0.244. The van der Waals surface area contributed by atoms with Crippen LogP contribution in [0.1, 0.15) is 50.8 Å². The molecular formula is C12H16N4O2. The van der Waals surface area contributed by atoms with Gasteiger partial charge < -0.3 is 4.74 Å². The minimum atomic E-state index is -0.604. The summed E-state index contributed by atoms with van der Waals surface area (Å²) < 4.78 is 5.11. The molecule has 6 nitrogen and oxygen atoms in total. The van der Waals surface area contributed by atoms with E-state index < -0.39 is 11.7 Å². The van der Waals surface area contributed by atoms with Gasteiger partial charge >= 0.3 is 6.09 Å². The predicted molar refractivity (Wildman–Crippen MR) is 65.1 cm³/mol. The van der Waals surface area contributed by atoms with Crippen LogP contribution in [0.4, 0.5) is 10.6 Å². The molecule has 18 heavy (non-hydrogen) atoms. The molecule has 1 aliphatic rings. The van der Waals surface area contributed by atoms with Crippen LogP contribution in [0.2, 0.25) is 0 Å². The van der Waals surface area contributed by atoms with Crippen molar-refractivity contribution in [2.24, 2.45) is 0 Å². The Labute approximate surface area is 105 Å². The zero-order chi connectivity index (χ0) is 13.3. The summed E-state index contributed by atoms with van der Waals surface area (Å²) in [6.07, 6.45) is 1.51. The molecule has 0 unspecified atom stereocenters. The molecule has 96 valence electrons. The number of nitrogens with zero attached hydrogens (tertiary/aromatic N) is 2. The summed E-state index contributed by atoms with van der Waals surface area (Å²) in [5.41, 5.74) is 0.638. The summed E-state index contributed by atoms with van der Waals surface area (Å²) in [4.78, 5) is 11.6. The SMILES string of the molecule is CC(C)(C)OC(=O)Nc1n[nH]c(C2CC2)c1C#N. The molecule has 1 aromatic heterocycles. The topological polar surface area (TPSA) is 90.8 Å². The van der Waals surface area contributed by atoms with Gasteiger partial charge in [0.05, 0.1) is 5.69 Å². The van der Waals surface area contributed by atoms with Crippen molar-refractivity contribution in [3.63, 3.8) is 0 Å². The van der Waals surface area contributed by atoms with Crippen molar-refractivity contribution >= 4 is 11.9 Å². The highest BCUT2D eigenvalue weighted by Crippen LogP contribution is 2.41. The van der Waals surface area contributed by atoms with Crippen molar-refractivity contribution in [2.75, 3.05) is 5.32 Å². The lowest BCUT2D eigenvalue weighted by atomic mass is 10.2. The molecule has 1 heterocycles. The molecule has 1 amide bonds. The van der Waals surface area contributed by atoms with E-state index in [1.165, 1.54) is 0 Å². The molecule has 1 saturated carbocycles. The van der Waals surface area contributed by atoms with Gasteiger partial charge in [-0.15, -0.1) is 0 Å². The quantitative estimate of drug-likeness (QED) is 0.841. The van der Waals surface area contributed by atoms with Crippen molar-refractivity contribution in [3.8, 4) is 6.07 Å². The number of rotatable bonds is 2. The molecule has 0 atom stereocenters. The van der Waals surface area contributed by atoms with Gasteiger partial charge in [0.15, 0.2) is 5.82 Å². The van der Waals surface area contributed by atoms with Gasteiger partial charge in [0, 0.05) is 5.92 Å². The number of H-pyrrole nitrogens is 1. The third-order valence-electron chi connectivity index (χ3n) is 2.51. The Bertz CT molecular complexity index is 503. The maximum Gasteiger partial charge on any atom is 0.413 e. The first kappa shape index (κ1) is 12.4. The van der Waals surface area contributed by atoms with Crippen LogP contribution in [0.3, 0.4) is 0 Å². The van der Waals surface area contributed by atoms with E-state index in [0.717, 1.165) is 18.5 Å². The van der Waals surface area contributed by atoms with Gasteiger partial charge in [0.2, 0.25) is 0 Å². The van der Waals surface area contributed by atoms with Crippen molar-refractivity contribution < 1.29 is 9.53 Å². The van der Waals surface area contributed by atoms with E-state index in [1.54, 1.807) is 20.8 Å². The van der Waals surface area contributed by atoms with Crippen LogP contribution in [0.25, 0.3) is 0 Å². The van der Waals surface area contributed by atoms with Crippen molar-refractivity contribution in [1.29, 1.82) is 5.26 Å². The Morgan fingerprint density at radius 3 is 2.72 bits per heavy atom. The first-order valence-corrected chi connectivity index (χ1v) is 5.89. The fraction of sp³-hybridized carbons (Fsp3) is 0.583. The highest BCUT2D eigenvalue weighted by Gasteiger charge is 2.30. The number of ether oxygens (including phenoxy) is 1. The van der Waals surface area contributed by atoms with Crippen LogP contribution in [-0.2, 0) is 4.74 Å². The molecule has 2 N–H and O–H groups in total. The second-order valence-electron chi connectivity index (χ2n) is 5.37. The lowest BCUT2D eigenvalue weighted by Crippen LogP contribution is -2.27. The summed E-state index contributed by atoms with van der Waals surface area (Å²) in [6, 6.07) is 2.07. The number of nitrogens with one attached hydrogen (secondary N) is 2. The minimum Gasteiger partial charge on any atom is -0.444 e. The van der Waals surface area contributed by atoms with Crippen molar-refractivity contribution in [3.05, 3.63) is 11.3 Å². The predicted octanol–water partition coefficient (Wildman–Crippen LogP) is 2.51. The number of aromatic nitrogens is 2. The van der Waals surface area contributed by atoms with Gasteiger partial charge in [0.25, 0.3) is 0 Å². The summed E-state index contributed by atoms with van der Waals surface area (Å²) >= 11 is 0. The van der Waals surface area contributed by atoms with Gasteiger partial charge in [-0.1, -0.05) is 0 Å². The summed E-state index contributed by atoms with van der Waals surface area (Å²) in [5.74, 6) is 0.620. The van der Waals surface area contributed by atoms with E-state index in [-0.39, 0.29) is 5.82 Å². The van der Waals surface area contributed by atoms with E-state index >= 15 is 0 Å². The van der Waals surface area contributed by atoms with E-state index in [2.05, 4.69) is 21.6 Å². The second-order valence-corrected chi connectivity index (χ2v) is 5.37. The smallest absolute Gasteiger partial charge is 0.413 e. The number of carbonyl (C=O) groups is 1. The van der Waals surface area contributed by atoms with Crippen molar-refractivity contribution in [2.45, 2.75) is 45.1 Å². The Morgan fingerprint density at radius 1 is 1.56 bits per heavy atom. The monoisotopic (exact) mass is 248 g/mol. The average molecular weight is 248 g/mol.